The second kappa shape index (κ2) is 9.94. The maximum atomic E-state index is 4.29. The molecule has 0 fully saturated rings. The molecule has 0 heterocycles. The summed E-state index contributed by atoms with van der Waals surface area (Å²) in [5.41, 5.74) is 1.22. The zero-order valence-electron chi connectivity index (χ0n) is 13.2. The summed E-state index contributed by atoms with van der Waals surface area (Å²) in [6, 6.07) is 8.43. The van der Waals surface area contributed by atoms with E-state index in [0.717, 1.165) is 17.0 Å². The number of nitrogens with zero attached hydrogens (tertiary/aromatic N) is 1. The van der Waals surface area contributed by atoms with Crippen LogP contribution in [0.4, 0.5) is 0 Å². The van der Waals surface area contributed by atoms with Crippen LogP contribution < -0.4 is 10.6 Å². The van der Waals surface area contributed by atoms with Gasteiger partial charge in [0.2, 0.25) is 0 Å². The minimum Gasteiger partial charge on any atom is -0.355 e. The molecule has 0 aromatic heterocycles. The van der Waals surface area contributed by atoms with Gasteiger partial charge in [-0.1, -0.05) is 34.1 Å². The lowest BCUT2D eigenvalue weighted by molar-refractivity contribution is 0.638. The fourth-order valence-corrected chi connectivity index (χ4v) is 2.52. The van der Waals surface area contributed by atoms with E-state index in [9.17, 15) is 0 Å². The number of thioether (sulfide) groups is 1. The third kappa shape index (κ3) is 7.23. The van der Waals surface area contributed by atoms with E-state index < -0.39 is 0 Å². The van der Waals surface area contributed by atoms with Gasteiger partial charge < -0.3 is 10.6 Å². The summed E-state index contributed by atoms with van der Waals surface area (Å²) in [4.78, 5) is 4.29. The SMILES string of the molecule is CN=C(NCC(C)(C)SC)NC(C)c1ccccc1Br.I. The molecule has 0 aliphatic rings. The number of aliphatic imine (C=N–C) groups is 1. The molecule has 120 valence electrons. The Bertz CT molecular complexity index is 466. The van der Waals surface area contributed by atoms with Crippen LogP contribution >= 0.6 is 51.7 Å². The van der Waals surface area contributed by atoms with E-state index >= 15 is 0 Å². The van der Waals surface area contributed by atoms with Gasteiger partial charge in [0.15, 0.2) is 5.96 Å². The Balaban J connectivity index is 0.00000400. The van der Waals surface area contributed by atoms with Crippen LogP contribution in [0.2, 0.25) is 0 Å². The van der Waals surface area contributed by atoms with E-state index in [-0.39, 0.29) is 34.8 Å². The molecule has 0 amide bonds. The minimum atomic E-state index is 0. The summed E-state index contributed by atoms with van der Waals surface area (Å²) in [7, 11) is 1.80. The monoisotopic (exact) mass is 485 g/mol. The van der Waals surface area contributed by atoms with Gasteiger partial charge in [0.25, 0.3) is 0 Å². The van der Waals surface area contributed by atoms with Gasteiger partial charge in [-0.05, 0) is 38.7 Å². The van der Waals surface area contributed by atoms with Gasteiger partial charge in [-0.25, -0.2) is 0 Å². The predicted molar refractivity (Wildman–Crippen MR) is 110 cm³/mol. The van der Waals surface area contributed by atoms with E-state index in [2.05, 4.69) is 70.7 Å². The Morgan fingerprint density at radius 1 is 1.38 bits per heavy atom. The first-order valence-corrected chi connectivity index (χ1v) is 8.68. The van der Waals surface area contributed by atoms with Gasteiger partial charge in [-0.2, -0.15) is 11.8 Å². The molecule has 0 bridgehead atoms. The molecule has 1 aromatic carbocycles. The molecular formula is C15H25BrIN3S. The zero-order chi connectivity index (χ0) is 15.2. The van der Waals surface area contributed by atoms with Crippen molar-refractivity contribution < 1.29 is 0 Å². The lowest BCUT2D eigenvalue weighted by Crippen LogP contribution is -2.44. The highest BCUT2D eigenvalue weighted by molar-refractivity contribution is 14.0. The first kappa shape index (κ1) is 21.0. The number of nitrogens with one attached hydrogen (secondary N) is 2. The molecule has 1 aromatic rings. The van der Waals surface area contributed by atoms with Crippen molar-refractivity contribution in [1.29, 1.82) is 0 Å². The van der Waals surface area contributed by atoms with Crippen molar-refractivity contribution in [3.63, 3.8) is 0 Å². The molecule has 3 nitrogen and oxygen atoms in total. The fraction of sp³-hybridized carbons (Fsp3) is 0.533. The summed E-state index contributed by atoms with van der Waals surface area (Å²) in [6.45, 7) is 7.44. The highest BCUT2D eigenvalue weighted by atomic mass is 127. The number of rotatable bonds is 5. The molecule has 1 rings (SSSR count). The topological polar surface area (TPSA) is 36.4 Å². The Morgan fingerprint density at radius 2 is 2.00 bits per heavy atom. The number of hydrogen-bond acceptors (Lipinski definition) is 2. The van der Waals surface area contributed by atoms with E-state index in [1.165, 1.54) is 5.56 Å². The molecule has 6 heteroatoms. The van der Waals surface area contributed by atoms with Crippen molar-refractivity contribution in [2.45, 2.75) is 31.6 Å². The molecule has 1 unspecified atom stereocenters. The summed E-state index contributed by atoms with van der Waals surface area (Å²) >= 11 is 5.43. The predicted octanol–water partition coefficient (Wildman–Crippen LogP) is 4.43. The Hall–Kier alpha value is 0.0500. The molecule has 0 radical (unpaired) electrons. The largest absolute Gasteiger partial charge is 0.355 e. The van der Waals surface area contributed by atoms with Crippen molar-refractivity contribution in [1.82, 2.24) is 10.6 Å². The second-order valence-electron chi connectivity index (χ2n) is 5.28. The van der Waals surface area contributed by atoms with Gasteiger partial charge in [0.1, 0.15) is 0 Å². The lowest BCUT2D eigenvalue weighted by atomic mass is 10.1. The molecule has 1 atom stereocenters. The molecular weight excluding hydrogens is 461 g/mol. The molecule has 0 saturated heterocycles. The maximum absolute atomic E-state index is 4.29. The third-order valence-electron chi connectivity index (χ3n) is 3.18. The van der Waals surface area contributed by atoms with Crippen molar-refractivity contribution in [3.05, 3.63) is 34.3 Å². The van der Waals surface area contributed by atoms with E-state index in [1.54, 1.807) is 7.05 Å². The third-order valence-corrected chi connectivity index (χ3v) is 5.15. The minimum absolute atomic E-state index is 0. The van der Waals surface area contributed by atoms with Crippen LogP contribution in [0.25, 0.3) is 0 Å². The smallest absolute Gasteiger partial charge is 0.191 e. The Labute approximate surface area is 158 Å². The van der Waals surface area contributed by atoms with Crippen LogP contribution in [0.3, 0.4) is 0 Å². The zero-order valence-corrected chi connectivity index (χ0v) is 18.0. The summed E-state index contributed by atoms with van der Waals surface area (Å²) < 4.78 is 1.30. The van der Waals surface area contributed by atoms with Gasteiger partial charge in [-0.3, -0.25) is 4.99 Å². The summed E-state index contributed by atoms with van der Waals surface area (Å²) in [5, 5.41) is 6.80. The second-order valence-corrected chi connectivity index (χ2v) is 7.64. The van der Waals surface area contributed by atoms with Crippen LogP contribution in [-0.4, -0.2) is 30.6 Å². The van der Waals surface area contributed by atoms with Gasteiger partial charge >= 0.3 is 0 Å². The molecule has 0 aliphatic carbocycles. The molecule has 0 aliphatic heterocycles. The van der Waals surface area contributed by atoms with Crippen molar-refractivity contribution >= 4 is 57.6 Å². The molecule has 0 spiro atoms. The van der Waals surface area contributed by atoms with E-state index in [0.29, 0.717) is 0 Å². The lowest BCUT2D eigenvalue weighted by Gasteiger charge is -2.25. The number of hydrogen-bond donors (Lipinski definition) is 2. The van der Waals surface area contributed by atoms with Gasteiger partial charge in [0, 0.05) is 22.8 Å². The first-order valence-electron chi connectivity index (χ1n) is 6.66. The number of benzene rings is 1. The standard InChI is InChI=1S/C15H24BrN3S.HI/c1-11(12-8-6-7-9-13(12)16)19-14(17-4)18-10-15(2,3)20-5;/h6-9,11H,10H2,1-5H3,(H2,17,18,19);1H. The normalized spacial score (nSPS) is 13.3. The average molecular weight is 486 g/mol. The Morgan fingerprint density at radius 3 is 2.52 bits per heavy atom. The van der Waals surface area contributed by atoms with Crippen LogP contribution in [0.15, 0.2) is 33.7 Å². The van der Waals surface area contributed by atoms with Gasteiger partial charge in [-0.15, -0.1) is 24.0 Å². The highest BCUT2D eigenvalue weighted by Gasteiger charge is 2.17. The summed E-state index contributed by atoms with van der Waals surface area (Å²) in [6.07, 6.45) is 2.13. The number of guanidine groups is 1. The number of halogens is 2. The average Bonchev–Trinajstić information content (AvgIpc) is 2.43. The van der Waals surface area contributed by atoms with Crippen LogP contribution in [0.1, 0.15) is 32.4 Å². The highest BCUT2D eigenvalue weighted by Crippen LogP contribution is 2.23. The van der Waals surface area contributed by atoms with Crippen LogP contribution in [0.5, 0.6) is 0 Å². The molecule has 0 saturated carbocycles. The van der Waals surface area contributed by atoms with Gasteiger partial charge in [0.05, 0.1) is 6.04 Å². The quantitative estimate of drug-likeness (QED) is 0.368. The molecule has 2 N–H and O–H groups in total. The maximum Gasteiger partial charge on any atom is 0.191 e. The summed E-state index contributed by atoms with van der Waals surface area (Å²) in [5.74, 6) is 0.829. The van der Waals surface area contributed by atoms with E-state index in [1.807, 2.05) is 23.9 Å². The van der Waals surface area contributed by atoms with Crippen molar-refractivity contribution in [2.75, 3.05) is 19.8 Å². The van der Waals surface area contributed by atoms with Crippen LogP contribution in [0, 0.1) is 0 Å². The van der Waals surface area contributed by atoms with Crippen LogP contribution in [-0.2, 0) is 0 Å². The van der Waals surface area contributed by atoms with Crippen molar-refractivity contribution in [2.24, 2.45) is 4.99 Å². The molecule has 21 heavy (non-hydrogen) atoms. The fourth-order valence-electron chi connectivity index (χ4n) is 1.67. The Kier molecular flexibility index (Phi) is 9.97. The van der Waals surface area contributed by atoms with E-state index in [4.69, 9.17) is 0 Å². The van der Waals surface area contributed by atoms with Crippen molar-refractivity contribution in [3.8, 4) is 0 Å². The first-order chi connectivity index (χ1) is 9.39.